The monoisotopic (exact) mass is 278 g/mol. The summed E-state index contributed by atoms with van der Waals surface area (Å²) in [6.45, 7) is 0. The van der Waals surface area contributed by atoms with Gasteiger partial charge in [-0.1, -0.05) is 23.7 Å². The Balaban J connectivity index is 2.26. The molecule has 0 amide bonds. The second kappa shape index (κ2) is 4.28. The minimum Gasteiger partial charge on any atom is -0.494 e. The average Bonchev–Trinajstić information content (AvgIpc) is 3.15. The van der Waals surface area contributed by atoms with Gasteiger partial charge in [-0.2, -0.15) is 0 Å². The van der Waals surface area contributed by atoms with Gasteiger partial charge in [-0.25, -0.2) is 4.79 Å². The normalized spacial score (nSPS) is 14.6. The molecule has 1 heterocycles. The van der Waals surface area contributed by atoms with E-state index >= 15 is 0 Å². The van der Waals surface area contributed by atoms with Crippen LogP contribution in [0.5, 0.6) is 5.88 Å². The lowest BCUT2D eigenvalue weighted by Gasteiger charge is -2.10. The first-order valence-corrected chi connectivity index (χ1v) is 6.29. The molecule has 1 aromatic carbocycles. The second-order valence-electron chi connectivity index (χ2n) is 4.57. The Morgan fingerprint density at radius 1 is 1.21 bits per heavy atom. The Morgan fingerprint density at radius 3 is 2.42 bits per heavy atom. The molecule has 5 nitrogen and oxygen atoms in total. The Kier molecular flexibility index (Phi) is 2.71. The number of hydrogen-bond acceptors (Lipinski definition) is 3. The molecule has 3 rings (SSSR count). The summed E-state index contributed by atoms with van der Waals surface area (Å²) in [5, 5.41) is 10.7. The van der Waals surface area contributed by atoms with E-state index in [1.165, 1.54) is 4.57 Å². The number of nitrogens with one attached hydrogen (secondary N) is 1. The van der Waals surface area contributed by atoms with Gasteiger partial charge in [0.2, 0.25) is 5.88 Å². The predicted octanol–water partition coefficient (Wildman–Crippen LogP) is 1.90. The van der Waals surface area contributed by atoms with Crippen LogP contribution in [0.4, 0.5) is 0 Å². The molecular weight excluding hydrogens is 268 g/mol. The van der Waals surface area contributed by atoms with Gasteiger partial charge in [0.25, 0.3) is 5.56 Å². The Bertz CT molecular complexity index is 742. The van der Waals surface area contributed by atoms with E-state index in [-0.39, 0.29) is 17.5 Å². The molecule has 1 fully saturated rings. The highest BCUT2D eigenvalue weighted by atomic mass is 35.5. The van der Waals surface area contributed by atoms with Gasteiger partial charge in [-0.05, 0) is 30.5 Å². The van der Waals surface area contributed by atoms with Crippen LogP contribution in [0.1, 0.15) is 18.9 Å². The van der Waals surface area contributed by atoms with Crippen LogP contribution >= 0.6 is 11.6 Å². The maximum atomic E-state index is 11.9. The molecule has 0 unspecified atom stereocenters. The fraction of sp³-hybridized carbons (Fsp3) is 0.231. The van der Waals surface area contributed by atoms with E-state index in [1.54, 1.807) is 24.3 Å². The van der Waals surface area contributed by atoms with Crippen molar-refractivity contribution in [3.63, 3.8) is 0 Å². The van der Waals surface area contributed by atoms with E-state index in [0.717, 1.165) is 12.8 Å². The fourth-order valence-electron chi connectivity index (χ4n) is 2.09. The number of aromatic hydroxyl groups is 1. The standard InChI is InChI=1S/C13H11ClN2O3/c14-8-3-1-7(2-4-8)10-11(17)15-13(19)16(12(10)18)9-5-6-9/h1-4,9,18H,5-6H2,(H,15,17,19). The number of benzene rings is 1. The minimum atomic E-state index is -0.596. The van der Waals surface area contributed by atoms with Crippen LogP contribution in [-0.2, 0) is 0 Å². The topological polar surface area (TPSA) is 75.1 Å². The van der Waals surface area contributed by atoms with Crippen LogP contribution in [0, 0.1) is 0 Å². The number of aromatic nitrogens is 2. The van der Waals surface area contributed by atoms with Crippen molar-refractivity contribution in [2.24, 2.45) is 0 Å². The van der Waals surface area contributed by atoms with Gasteiger partial charge in [0, 0.05) is 11.1 Å². The van der Waals surface area contributed by atoms with E-state index < -0.39 is 11.2 Å². The van der Waals surface area contributed by atoms with Crippen molar-refractivity contribution in [2.75, 3.05) is 0 Å². The second-order valence-corrected chi connectivity index (χ2v) is 5.00. The van der Waals surface area contributed by atoms with Crippen molar-refractivity contribution in [3.8, 4) is 17.0 Å². The van der Waals surface area contributed by atoms with Crippen molar-refractivity contribution in [2.45, 2.75) is 18.9 Å². The zero-order valence-electron chi connectivity index (χ0n) is 9.89. The third-order valence-electron chi connectivity index (χ3n) is 3.16. The maximum absolute atomic E-state index is 11.9. The number of nitrogens with zero attached hydrogens (tertiary/aromatic N) is 1. The van der Waals surface area contributed by atoms with E-state index in [1.807, 2.05) is 0 Å². The molecule has 2 N–H and O–H groups in total. The van der Waals surface area contributed by atoms with Crippen LogP contribution in [0.2, 0.25) is 5.02 Å². The highest BCUT2D eigenvalue weighted by Crippen LogP contribution is 2.38. The van der Waals surface area contributed by atoms with Gasteiger partial charge in [0.15, 0.2) is 0 Å². The van der Waals surface area contributed by atoms with Crippen LogP contribution in [-0.4, -0.2) is 14.7 Å². The summed E-state index contributed by atoms with van der Waals surface area (Å²) < 4.78 is 1.24. The van der Waals surface area contributed by atoms with Crippen molar-refractivity contribution in [1.82, 2.24) is 9.55 Å². The molecule has 19 heavy (non-hydrogen) atoms. The first-order chi connectivity index (χ1) is 9.08. The lowest BCUT2D eigenvalue weighted by atomic mass is 10.1. The molecule has 0 aliphatic heterocycles. The van der Waals surface area contributed by atoms with E-state index in [0.29, 0.717) is 10.6 Å². The number of aromatic amines is 1. The van der Waals surface area contributed by atoms with Crippen molar-refractivity contribution < 1.29 is 5.11 Å². The summed E-state index contributed by atoms with van der Waals surface area (Å²) >= 11 is 5.79. The summed E-state index contributed by atoms with van der Waals surface area (Å²) in [6, 6.07) is 6.50. The molecule has 1 aliphatic carbocycles. The van der Waals surface area contributed by atoms with Crippen molar-refractivity contribution >= 4 is 11.6 Å². The molecule has 6 heteroatoms. The van der Waals surface area contributed by atoms with Crippen LogP contribution < -0.4 is 11.2 Å². The number of rotatable bonds is 2. The minimum absolute atomic E-state index is 0.0181. The van der Waals surface area contributed by atoms with Gasteiger partial charge in [-0.3, -0.25) is 14.3 Å². The van der Waals surface area contributed by atoms with Gasteiger partial charge in [-0.15, -0.1) is 0 Å². The van der Waals surface area contributed by atoms with Crippen LogP contribution in [0.15, 0.2) is 33.9 Å². The molecule has 0 atom stereocenters. The first kappa shape index (κ1) is 12.0. The highest BCUT2D eigenvalue weighted by molar-refractivity contribution is 6.30. The van der Waals surface area contributed by atoms with E-state index in [4.69, 9.17) is 11.6 Å². The van der Waals surface area contributed by atoms with Crippen LogP contribution in [0.25, 0.3) is 11.1 Å². The summed E-state index contributed by atoms with van der Waals surface area (Å²) in [5.41, 5.74) is -0.537. The predicted molar refractivity (Wildman–Crippen MR) is 71.7 cm³/mol. The number of hydrogen-bond donors (Lipinski definition) is 2. The zero-order valence-corrected chi connectivity index (χ0v) is 10.6. The molecule has 0 radical (unpaired) electrons. The third-order valence-corrected chi connectivity index (χ3v) is 3.42. The summed E-state index contributed by atoms with van der Waals surface area (Å²) in [6.07, 6.45) is 1.67. The van der Waals surface area contributed by atoms with Crippen LogP contribution in [0.3, 0.4) is 0 Å². The lowest BCUT2D eigenvalue weighted by Crippen LogP contribution is -2.30. The number of H-pyrrole nitrogens is 1. The quantitative estimate of drug-likeness (QED) is 0.881. The zero-order chi connectivity index (χ0) is 13.6. The Morgan fingerprint density at radius 2 is 1.84 bits per heavy atom. The fourth-order valence-corrected chi connectivity index (χ4v) is 2.21. The largest absolute Gasteiger partial charge is 0.494 e. The van der Waals surface area contributed by atoms with Gasteiger partial charge in [0.05, 0.1) is 0 Å². The SMILES string of the molecule is O=c1[nH]c(=O)n(C2CC2)c(O)c1-c1ccc(Cl)cc1. The molecule has 0 bridgehead atoms. The third kappa shape index (κ3) is 2.06. The molecule has 1 aliphatic rings. The summed E-state index contributed by atoms with van der Waals surface area (Å²) in [5.74, 6) is -0.279. The maximum Gasteiger partial charge on any atom is 0.331 e. The highest BCUT2D eigenvalue weighted by Gasteiger charge is 2.29. The summed E-state index contributed by atoms with van der Waals surface area (Å²) in [7, 11) is 0. The van der Waals surface area contributed by atoms with Crippen molar-refractivity contribution in [1.29, 1.82) is 0 Å². The average molecular weight is 279 g/mol. The molecule has 98 valence electrons. The molecule has 0 spiro atoms. The van der Waals surface area contributed by atoms with E-state index in [9.17, 15) is 14.7 Å². The summed E-state index contributed by atoms with van der Waals surface area (Å²) in [4.78, 5) is 25.8. The van der Waals surface area contributed by atoms with Gasteiger partial charge in [0.1, 0.15) is 5.56 Å². The lowest BCUT2D eigenvalue weighted by molar-refractivity contribution is 0.405. The first-order valence-electron chi connectivity index (χ1n) is 5.91. The Labute approximate surface area is 113 Å². The molecule has 0 saturated heterocycles. The molecule has 1 aromatic heterocycles. The van der Waals surface area contributed by atoms with Gasteiger partial charge < -0.3 is 5.11 Å². The van der Waals surface area contributed by atoms with E-state index in [2.05, 4.69) is 4.98 Å². The molecule has 2 aromatic rings. The Hall–Kier alpha value is -2.01. The van der Waals surface area contributed by atoms with Crippen molar-refractivity contribution in [3.05, 3.63) is 50.1 Å². The number of halogens is 1. The molecule has 1 saturated carbocycles. The molecular formula is C13H11ClN2O3. The van der Waals surface area contributed by atoms with Gasteiger partial charge >= 0.3 is 5.69 Å². The smallest absolute Gasteiger partial charge is 0.331 e.